The predicted octanol–water partition coefficient (Wildman–Crippen LogP) is 7.68. The van der Waals surface area contributed by atoms with Gasteiger partial charge in [-0.05, 0) is 85.9 Å². The predicted molar refractivity (Wildman–Crippen MR) is 155 cm³/mol. The Kier molecular flexibility index (Phi) is 6.60. The molecule has 0 spiro atoms. The Labute approximate surface area is 224 Å². The largest absolute Gasteiger partial charge is 0.371 e. The Hall–Kier alpha value is -3.37. The molecule has 4 nitrogen and oxygen atoms in total. The number of aromatic nitrogens is 2. The fraction of sp³-hybridized carbons (Fsp3) is 0.312. The number of hydrogen-bond acceptors (Lipinski definition) is 4. The van der Waals surface area contributed by atoms with Crippen LogP contribution in [0.2, 0.25) is 5.02 Å². The van der Waals surface area contributed by atoms with E-state index in [2.05, 4.69) is 60.1 Å². The molecule has 37 heavy (non-hydrogen) atoms. The molecule has 1 saturated heterocycles. The number of hydrogen-bond donors (Lipinski definition) is 1. The fourth-order valence-corrected chi connectivity index (χ4v) is 6.15. The first-order chi connectivity index (χ1) is 18.1. The van der Waals surface area contributed by atoms with Crippen LogP contribution in [0.4, 0.5) is 5.95 Å². The highest BCUT2D eigenvalue weighted by Crippen LogP contribution is 2.34. The molecule has 1 aliphatic carbocycles. The van der Waals surface area contributed by atoms with Crippen LogP contribution in [0.3, 0.4) is 0 Å². The molecule has 188 valence electrons. The van der Waals surface area contributed by atoms with E-state index in [4.69, 9.17) is 21.6 Å². The molecular weight excluding hydrogens is 476 g/mol. The van der Waals surface area contributed by atoms with Gasteiger partial charge in [-0.25, -0.2) is 9.97 Å². The van der Waals surface area contributed by atoms with Crippen molar-refractivity contribution < 1.29 is 0 Å². The number of aryl methyl sites for hydroxylation is 2. The maximum Gasteiger partial charge on any atom is 0.223 e. The van der Waals surface area contributed by atoms with E-state index < -0.39 is 0 Å². The van der Waals surface area contributed by atoms with Gasteiger partial charge in [0, 0.05) is 40.8 Å². The molecule has 4 aromatic rings. The van der Waals surface area contributed by atoms with Crippen molar-refractivity contribution in [2.45, 2.75) is 51.5 Å². The van der Waals surface area contributed by atoms with E-state index in [1.165, 1.54) is 47.9 Å². The summed E-state index contributed by atoms with van der Waals surface area (Å²) in [6.45, 7) is 8.27. The Morgan fingerprint density at radius 2 is 1.78 bits per heavy atom. The molecule has 0 amide bonds. The van der Waals surface area contributed by atoms with Crippen LogP contribution in [-0.4, -0.2) is 34.0 Å². The second-order valence-electron chi connectivity index (χ2n) is 10.3. The molecule has 2 heterocycles. The number of rotatable bonds is 5. The van der Waals surface area contributed by atoms with Gasteiger partial charge >= 0.3 is 0 Å². The van der Waals surface area contributed by atoms with Crippen LogP contribution in [0.5, 0.6) is 0 Å². The van der Waals surface area contributed by atoms with E-state index in [1.807, 2.05) is 24.3 Å². The Morgan fingerprint density at radius 1 is 0.973 bits per heavy atom. The van der Waals surface area contributed by atoms with E-state index in [9.17, 15) is 0 Å². The minimum atomic E-state index is 0.335. The number of nitrogens with one attached hydrogen (secondary N) is 1. The van der Waals surface area contributed by atoms with Gasteiger partial charge in [-0.2, -0.15) is 0 Å². The number of benzene rings is 3. The van der Waals surface area contributed by atoms with Gasteiger partial charge in [0.05, 0.1) is 11.2 Å². The van der Waals surface area contributed by atoms with Crippen LogP contribution in [0.15, 0.2) is 67.2 Å². The third kappa shape index (κ3) is 4.83. The van der Waals surface area contributed by atoms with Crippen LogP contribution in [-0.2, 0) is 12.8 Å². The third-order valence-corrected chi connectivity index (χ3v) is 8.32. The molecule has 0 radical (unpaired) electrons. The standard InChI is InChI=1S/C32H33ClN4/c1-21-29-20-24(28-12-7-9-23-8-3-4-11-27(23)28)14-15-31(29)36-32(34-21)35-25-16-18-37(19-17-25)22(2)26-10-5-6-13-30(26)33/h5-7,9-10,12-15,20,25H,2-4,8,11,16-19H2,1H3,(H,34,35,36). The van der Waals surface area contributed by atoms with Gasteiger partial charge in [-0.15, -0.1) is 0 Å². The molecule has 3 aromatic carbocycles. The number of nitrogens with zero attached hydrogens (tertiary/aromatic N) is 3. The molecule has 1 aliphatic heterocycles. The lowest BCUT2D eigenvalue weighted by atomic mass is 9.86. The first-order valence-corrected chi connectivity index (χ1v) is 13.8. The molecule has 0 saturated carbocycles. The van der Waals surface area contributed by atoms with E-state index in [-0.39, 0.29) is 0 Å². The van der Waals surface area contributed by atoms with Crippen LogP contribution in [0, 0.1) is 6.92 Å². The molecule has 5 heteroatoms. The summed E-state index contributed by atoms with van der Waals surface area (Å²) < 4.78 is 0. The van der Waals surface area contributed by atoms with Crippen LogP contribution in [0.1, 0.15) is 48.1 Å². The number of fused-ring (bicyclic) bond motifs is 2. The lowest BCUT2D eigenvalue weighted by Crippen LogP contribution is -2.38. The first kappa shape index (κ1) is 24.0. The lowest BCUT2D eigenvalue weighted by molar-refractivity contribution is 0.309. The van der Waals surface area contributed by atoms with Crippen LogP contribution in [0.25, 0.3) is 27.7 Å². The summed E-state index contributed by atoms with van der Waals surface area (Å²) in [5.74, 6) is 0.721. The Bertz CT molecular complexity index is 1470. The maximum absolute atomic E-state index is 6.40. The average molecular weight is 509 g/mol. The molecule has 0 bridgehead atoms. The number of likely N-dealkylation sites (tertiary alicyclic amines) is 1. The van der Waals surface area contributed by atoms with E-state index in [0.29, 0.717) is 6.04 Å². The molecule has 1 fully saturated rings. The van der Waals surface area contributed by atoms with Crippen LogP contribution >= 0.6 is 11.6 Å². The maximum atomic E-state index is 6.40. The van der Waals surface area contributed by atoms with Crippen LogP contribution < -0.4 is 5.32 Å². The summed E-state index contributed by atoms with van der Waals surface area (Å²) in [5.41, 5.74) is 9.69. The van der Waals surface area contributed by atoms with Crippen molar-refractivity contribution in [2.24, 2.45) is 0 Å². The average Bonchev–Trinajstić information content (AvgIpc) is 2.93. The zero-order valence-corrected chi connectivity index (χ0v) is 22.2. The second-order valence-corrected chi connectivity index (χ2v) is 10.8. The van der Waals surface area contributed by atoms with Crippen molar-refractivity contribution >= 4 is 34.1 Å². The van der Waals surface area contributed by atoms with Crippen molar-refractivity contribution in [1.82, 2.24) is 14.9 Å². The molecule has 0 unspecified atom stereocenters. The number of anilines is 1. The monoisotopic (exact) mass is 508 g/mol. The van der Waals surface area contributed by atoms with Gasteiger partial charge in [0.1, 0.15) is 0 Å². The van der Waals surface area contributed by atoms with Crippen molar-refractivity contribution in [2.75, 3.05) is 18.4 Å². The number of piperidine rings is 1. The smallest absolute Gasteiger partial charge is 0.223 e. The molecule has 6 rings (SSSR count). The first-order valence-electron chi connectivity index (χ1n) is 13.4. The number of halogens is 1. The van der Waals surface area contributed by atoms with Crippen molar-refractivity contribution in [1.29, 1.82) is 0 Å². The van der Waals surface area contributed by atoms with Gasteiger partial charge in [0.15, 0.2) is 0 Å². The van der Waals surface area contributed by atoms with Gasteiger partial charge in [-0.1, -0.05) is 60.6 Å². The third-order valence-electron chi connectivity index (χ3n) is 7.99. The van der Waals surface area contributed by atoms with E-state index >= 15 is 0 Å². The lowest BCUT2D eigenvalue weighted by Gasteiger charge is -2.35. The van der Waals surface area contributed by atoms with Crippen molar-refractivity contribution in [3.05, 3.63) is 94.6 Å². The summed E-state index contributed by atoms with van der Waals surface area (Å²) in [4.78, 5) is 12.1. The van der Waals surface area contributed by atoms with E-state index in [0.717, 1.165) is 64.8 Å². The fourth-order valence-electron chi connectivity index (χ4n) is 5.91. The minimum absolute atomic E-state index is 0.335. The SMILES string of the molecule is C=C(c1ccccc1Cl)N1CCC(Nc2nc(C)c3cc(-c4cccc5c4CCCC5)ccc3n2)CC1. The molecule has 0 atom stereocenters. The van der Waals surface area contributed by atoms with Gasteiger partial charge in [-0.3, -0.25) is 0 Å². The Morgan fingerprint density at radius 3 is 2.62 bits per heavy atom. The Balaban J connectivity index is 1.17. The summed E-state index contributed by atoms with van der Waals surface area (Å²) in [6.07, 6.45) is 6.95. The van der Waals surface area contributed by atoms with Gasteiger partial charge in [0.2, 0.25) is 5.95 Å². The van der Waals surface area contributed by atoms with E-state index in [1.54, 1.807) is 0 Å². The topological polar surface area (TPSA) is 41.0 Å². The van der Waals surface area contributed by atoms with Crippen molar-refractivity contribution in [3.8, 4) is 11.1 Å². The summed E-state index contributed by atoms with van der Waals surface area (Å²) >= 11 is 6.40. The molecular formula is C32H33ClN4. The zero-order chi connectivity index (χ0) is 25.4. The molecule has 1 N–H and O–H groups in total. The molecule has 2 aliphatic rings. The summed E-state index contributed by atoms with van der Waals surface area (Å²) in [7, 11) is 0. The van der Waals surface area contributed by atoms with Gasteiger partial charge in [0.25, 0.3) is 0 Å². The highest BCUT2D eigenvalue weighted by Gasteiger charge is 2.22. The quantitative estimate of drug-likeness (QED) is 0.300. The highest BCUT2D eigenvalue weighted by atomic mass is 35.5. The van der Waals surface area contributed by atoms with Crippen molar-refractivity contribution in [3.63, 3.8) is 0 Å². The highest BCUT2D eigenvalue weighted by molar-refractivity contribution is 6.32. The summed E-state index contributed by atoms with van der Waals surface area (Å²) in [5, 5.41) is 5.49. The summed E-state index contributed by atoms with van der Waals surface area (Å²) in [6, 6.07) is 21.7. The second kappa shape index (κ2) is 10.2. The minimum Gasteiger partial charge on any atom is -0.371 e. The normalized spacial score (nSPS) is 16.0. The van der Waals surface area contributed by atoms with Gasteiger partial charge < -0.3 is 10.2 Å². The zero-order valence-electron chi connectivity index (χ0n) is 21.4. The molecule has 1 aromatic heterocycles.